The van der Waals surface area contributed by atoms with Gasteiger partial charge in [0.25, 0.3) is 5.69 Å². The first kappa shape index (κ1) is 19.5. The van der Waals surface area contributed by atoms with Crippen molar-refractivity contribution in [2.75, 3.05) is 13.1 Å². The summed E-state index contributed by atoms with van der Waals surface area (Å²) in [5.41, 5.74) is 3.85. The number of hydrogen-bond acceptors (Lipinski definition) is 4. The van der Waals surface area contributed by atoms with Crippen molar-refractivity contribution in [3.63, 3.8) is 0 Å². The largest absolute Gasteiger partial charge is 0.311 e. The van der Waals surface area contributed by atoms with Crippen LogP contribution in [0.15, 0.2) is 48.5 Å². The summed E-state index contributed by atoms with van der Waals surface area (Å²) >= 11 is 0. The van der Waals surface area contributed by atoms with Gasteiger partial charge in [0.15, 0.2) is 0 Å². The lowest BCUT2D eigenvalue weighted by atomic mass is 9.89. The van der Waals surface area contributed by atoms with Crippen molar-refractivity contribution in [1.82, 2.24) is 10.2 Å². The molecule has 1 aliphatic heterocycles. The summed E-state index contributed by atoms with van der Waals surface area (Å²) in [6, 6.07) is 16.3. The van der Waals surface area contributed by atoms with Crippen LogP contribution in [0.4, 0.5) is 5.69 Å². The van der Waals surface area contributed by atoms with Crippen LogP contribution in [0, 0.1) is 16.0 Å². The highest BCUT2D eigenvalue weighted by Crippen LogP contribution is 2.29. The molecule has 0 saturated carbocycles. The quantitative estimate of drug-likeness (QED) is 0.432. The molecule has 5 nitrogen and oxygen atoms in total. The van der Waals surface area contributed by atoms with E-state index in [2.05, 4.69) is 48.3 Å². The Labute approximate surface area is 161 Å². The normalized spacial score (nSPS) is 17.1. The minimum Gasteiger partial charge on any atom is -0.311 e. The van der Waals surface area contributed by atoms with Crippen LogP contribution in [0.1, 0.15) is 37.0 Å². The van der Waals surface area contributed by atoms with Gasteiger partial charge in [-0.1, -0.05) is 50.2 Å². The smallest absolute Gasteiger partial charge is 0.269 e. The minimum atomic E-state index is -0.299. The Morgan fingerprint density at radius 2 is 1.96 bits per heavy atom. The number of nitro benzene ring substituents is 1. The van der Waals surface area contributed by atoms with Crippen LogP contribution >= 0.6 is 0 Å². The molecule has 0 radical (unpaired) electrons. The summed E-state index contributed by atoms with van der Waals surface area (Å²) < 4.78 is 0. The maximum absolute atomic E-state index is 11.1. The number of benzene rings is 2. The van der Waals surface area contributed by atoms with Gasteiger partial charge in [0, 0.05) is 44.4 Å². The van der Waals surface area contributed by atoms with Crippen LogP contribution in [-0.2, 0) is 19.5 Å². The lowest BCUT2D eigenvalue weighted by molar-refractivity contribution is -0.385. The first-order valence-corrected chi connectivity index (χ1v) is 9.78. The standard InChI is InChI=1S/C22H29N3O2/c1-17(2)12-22-13-19-8-9-21(25(26)27)14-20(19)16-24(22)11-10-23-15-18-6-4-3-5-7-18/h3-9,14,17,22-23H,10-13,15-16H2,1-2H3. The van der Waals surface area contributed by atoms with Gasteiger partial charge in [-0.05, 0) is 35.4 Å². The predicted octanol–water partition coefficient (Wildman–Crippen LogP) is 4.16. The molecule has 27 heavy (non-hydrogen) atoms. The van der Waals surface area contributed by atoms with Crippen LogP contribution in [0.3, 0.4) is 0 Å². The third-order valence-electron chi connectivity index (χ3n) is 5.24. The Kier molecular flexibility index (Phi) is 6.58. The topological polar surface area (TPSA) is 58.4 Å². The molecule has 144 valence electrons. The lowest BCUT2D eigenvalue weighted by Gasteiger charge is -2.38. The highest BCUT2D eigenvalue weighted by molar-refractivity contribution is 5.41. The summed E-state index contributed by atoms with van der Waals surface area (Å²) in [4.78, 5) is 13.3. The van der Waals surface area contributed by atoms with Crippen molar-refractivity contribution in [3.05, 3.63) is 75.3 Å². The fourth-order valence-corrected chi connectivity index (χ4v) is 3.89. The van der Waals surface area contributed by atoms with Gasteiger partial charge in [-0.15, -0.1) is 0 Å². The Bertz CT molecular complexity index is 761. The van der Waals surface area contributed by atoms with E-state index < -0.39 is 0 Å². The molecular weight excluding hydrogens is 338 g/mol. The summed E-state index contributed by atoms with van der Waals surface area (Å²) in [6.07, 6.45) is 2.12. The fourth-order valence-electron chi connectivity index (χ4n) is 3.89. The highest BCUT2D eigenvalue weighted by atomic mass is 16.6. The Morgan fingerprint density at radius 1 is 1.19 bits per heavy atom. The first-order chi connectivity index (χ1) is 13.0. The van der Waals surface area contributed by atoms with E-state index in [9.17, 15) is 10.1 Å². The molecule has 0 aliphatic carbocycles. The minimum absolute atomic E-state index is 0.193. The fraction of sp³-hybridized carbons (Fsp3) is 0.455. The molecule has 0 spiro atoms. The number of rotatable bonds is 8. The second kappa shape index (κ2) is 9.11. The molecule has 1 heterocycles. The molecule has 0 saturated heterocycles. The number of fused-ring (bicyclic) bond motifs is 1. The lowest BCUT2D eigenvalue weighted by Crippen LogP contribution is -2.44. The predicted molar refractivity (Wildman–Crippen MR) is 109 cm³/mol. The second-order valence-corrected chi connectivity index (χ2v) is 7.83. The summed E-state index contributed by atoms with van der Waals surface area (Å²) in [5.74, 6) is 0.634. The molecule has 0 fully saturated rings. The number of non-ortho nitro benzene ring substituents is 1. The summed E-state index contributed by atoms with van der Waals surface area (Å²) in [7, 11) is 0. The first-order valence-electron chi connectivity index (χ1n) is 9.78. The summed E-state index contributed by atoms with van der Waals surface area (Å²) in [6.45, 7) is 8.04. The average Bonchev–Trinajstić information content (AvgIpc) is 2.65. The van der Waals surface area contributed by atoms with Gasteiger partial charge >= 0.3 is 0 Å². The van der Waals surface area contributed by atoms with Crippen molar-refractivity contribution in [2.45, 2.75) is 45.8 Å². The van der Waals surface area contributed by atoms with E-state index in [1.165, 1.54) is 11.1 Å². The van der Waals surface area contributed by atoms with E-state index in [1.807, 2.05) is 12.1 Å². The average molecular weight is 367 g/mol. The molecule has 0 aromatic heterocycles. The van der Waals surface area contributed by atoms with Crippen molar-refractivity contribution in [2.24, 2.45) is 5.92 Å². The van der Waals surface area contributed by atoms with Crippen molar-refractivity contribution >= 4 is 5.69 Å². The molecule has 2 aromatic carbocycles. The van der Waals surface area contributed by atoms with Crippen LogP contribution in [0.5, 0.6) is 0 Å². The maximum atomic E-state index is 11.1. The Morgan fingerprint density at radius 3 is 2.67 bits per heavy atom. The van der Waals surface area contributed by atoms with Crippen molar-refractivity contribution < 1.29 is 4.92 Å². The van der Waals surface area contributed by atoms with E-state index in [0.717, 1.165) is 44.6 Å². The highest BCUT2D eigenvalue weighted by Gasteiger charge is 2.27. The van der Waals surface area contributed by atoms with Crippen molar-refractivity contribution in [1.29, 1.82) is 0 Å². The van der Waals surface area contributed by atoms with Crippen LogP contribution < -0.4 is 5.32 Å². The molecule has 2 aromatic rings. The molecule has 1 aliphatic rings. The van der Waals surface area contributed by atoms with Crippen LogP contribution in [0.2, 0.25) is 0 Å². The monoisotopic (exact) mass is 367 g/mol. The van der Waals surface area contributed by atoms with Gasteiger partial charge in [0.2, 0.25) is 0 Å². The van der Waals surface area contributed by atoms with E-state index in [0.29, 0.717) is 12.0 Å². The van der Waals surface area contributed by atoms with Crippen molar-refractivity contribution in [3.8, 4) is 0 Å². The van der Waals surface area contributed by atoms with Gasteiger partial charge < -0.3 is 5.32 Å². The molecule has 5 heteroatoms. The Hall–Kier alpha value is -2.24. The summed E-state index contributed by atoms with van der Waals surface area (Å²) in [5, 5.41) is 14.6. The maximum Gasteiger partial charge on any atom is 0.269 e. The second-order valence-electron chi connectivity index (χ2n) is 7.83. The molecule has 3 rings (SSSR count). The third-order valence-corrected chi connectivity index (χ3v) is 5.24. The molecule has 1 N–H and O–H groups in total. The Balaban J connectivity index is 1.63. The van der Waals surface area contributed by atoms with Gasteiger partial charge in [-0.25, -0.2) is 0 Å². The zero-order valence-corrected chi connectivity index (χ0v) is 16.2. The molecular formula is C22H29N3O2. The third kappa shape index (κ3) is 5.37. The van der Waals surface area contributed by atoms with E-state index in [1.54, 1.807) is 12.1 Å². The van der Waals surface area contributed by atoms with E-state index in [-0.39, 0.29) is 10.6 Å². The van der Waals surface area contributed by atoms with Gasteiger partial charge in [-0.2, -0.15) is 0 Å². The van der Waals surface area contributed by atoms with Gasteiger partial charge in [0.05, 0.1) is 4.92 Å². The molecule has 0 amide bonds. The number of nitrogens with one attached hydrogen (secondary N) is 1. The number of nitrogens with zero attached hydrogens (tertiary/aromatic N) is 2. The van der Waals surface area contributed by atoms with Crippen LogP contribution in [0.25, 0.3) is 0 Å². The van der Waals surface area contributed by atoms with Gasteiger partial charge in [0.1, 0.15) is 0 Å². The van der Waals surface area contributed by atoms with Gasteiger partial charge in [-0.3, -0.25) is 15.0 Å². The molecule has 1 atom stereocenters. The number of nitro groups is 1. The van der Waals surface area contributed by atoms with E-state index in [4.69, 9.17) is 0 Å². The molecule has 0 bridgehead atoms. The SMILES string of the molecule is CC(C)CC1Cc2ccc([N+](=O)[O-])cc2CN1CCNCc1ccccc1. The van der Waals surface area contributed by atoms with Crippen LogP contribution in [-0.4, -0.2) is 29.0 Å². The zero-order chi connectivity index (χ0) is 19.2. The molecule has 1 unspecified atom stereocenters. The number of hydrogen-bond donors (Lipinski definition) is 1. The zero-order valence-electron chi connectivity index (χ0n) is 16.2. The van der Waals surface area contributed by atoms with E-state index >= 15 is 0 Å².